The first-order chi connectivity index (χ1) is 10.0. The first kappa shape index (κ1) is 14.6. The molecule has 108 valence electrons. The Morgan fingerprint density at radius 1 is 0.952 bits per heavy atom. The molecular formula is C15H12FNO4. The normalized spacial score (nSPS) is 10.0. The molecule has 21 heavy (non-hydrogen) atoms. The maximum Gasteiger partial charge on any atom is 0.356 e. The molecule has 0 N–H and O–H groups in total. The highest BCUT2D eigenvalue weighted by molar-refractivity contribution is 5.93. The van der Waals surface area contributed by atoms with Crippen molar-refractivity contribution in [1.29, 1.82) is 0 Å². The van der Waals surface area contributed by atoms with E-state index in [0.717, 1.165) is 0 Å². The van der Waals surface area contributed by atoms with Crippen molar-refractivity contribution < 1.29 is 23.5 Å². The lowest BCUT2D eigenvalue weighted by Gasteiger charge is -2.07. The molecule has 0 fully saturated rings. The van der Waals surface area contributed by atoms with Crippen LogP contribution in [-0.4, -0.2) is 31.1 Å². The molecule has 1 heterocycles. The molecule has 0 aliphatic rings. The summed E-state index contributed by atoms with van der Waals surface area (Å²) in [4.78, 5) is 27.1. The number of hydrogen-bond acceptors (Lipinski definition) is 5. The molecule has 2 rings (SSSR count). The van der Waals surface area contributed by atoms with Gasteiger partial charge < -0.3 is 9.47 Å². The molecule has 0 spiro atoms. The van der Waals surface area contributed by atoms with Gasteiger partial charge in [-0.25, -0.2) is 19.0 Å². The highest BCUT2D eigenvalue weighted by atomic mass is 19.1. The standard InChI is InChI=1S/C15H12FNO4/c1-20-14(18)12-7-10(8-13(17-12)15(19)21-2)9-4-3-5-11(16)6-9/h3-8H,1-2H3. The Balaban J connectivity index is 2.59. The fourth-order valence-corrected chi connectivity index (χ4v) is 1.78. The maximum atomic E-state index is 13.3. The van der Waals surface area contributed by atoms with Gasteiger partial charge in [-0.1, -0.05) is 12.1 Å². The molecule has 5 nitrogen and oxygen atoms in total. The van der Waals surface area contributed by atoms with E-state index in [2.05, 4.69) is 14.5 Å². The van der Waals surface area contributed by atoms with Gasteiger partial charge in [0.1, 0.15) is 17.2 Å². The quantitative estimate of drug-likeness (QED) is 0.812. The minimum atomic E-state index is -0.696. The van der Waals surface area contributed by atoms with Crippen LogP contribution in [0.5, 0.6) is 0 Å². The average molecular weight is 289 g/mol. The predicted octanol–water partition coefficient (Wildman–Crippen LogP) is 2.46. The summed E-state index contributed by atoms with van der Waals surface area (Å²) in [6.07, 6.45) is 0. The van der Waals surface area contributed by atoms with Gasteiger partial charge in [-0.05, 0) is 35.4 Å². The van der Waals surface area contributed by atoms with Gasteiger partial charge in [0, 0.05) is 0 Å². The molecule has 1 aromatic carbocycles. The SMILES string of the molecule is COC(=O)c1cc(-c2cccc(F)c2)cc(C(=O)OC)n1. The van der Waals surface area contributed by atoms with Crippen molar-refractivity contribution in [3.63, 3.8) is 0 Å². The van der Waals surface area contributed by atoms with E-state index in [-0.39, 0.29) is 11.4 Å². The molecule has 1 aromatic heterocycles. The minimum absolute atomic E-state index is 0.0559. The lowest BCUT2D eigenvalue weighted by atomic mass is 10.0. The number of pyridine rings is 1. The summed E-state index contributed by atoms with van der Waals surface area (Å²) < 4.78 is 22.5. The summed E-state index contributed by atoms with van der Waals surface area (Å²) >= 11 is 0. The van der Waals surface area contributed by atoms with E-state index in [4.69, 9.17) is 0 Å². The van der Waals surface area contributed by atoms with Gasteiger partial charge in [0.05, 0.1) is 14.2 Å². The second kappa shape index (κ2) is 6.13. The number of nitrogens with zero attached hydrogens (tertiary/aromatic N) is 1. The third kappa shape index (κ3) is 3.22. The molecule has 6 heteroatoms. The molecule has 0 aliphatic carbocycles. The zero-order valence-electron chi connectivity index (χ0n) is 11.4. The van der Waals surface area contributed by atoms with E-state index in [9.17, 15) is 14.0 Å². The number of methoxy groups -OCH3 is 2. The number of hydrogen-bond donors (Lipinski definition) is 0. The van der Waals surface area contributed by atoms with E-state index >= 15 is 0 Å². The highest BCUT2D eigenvalue weighted by Gasteiger charge is 2.16. The second-order valence-corrected chi connectivity index (χ2v) is 4.12. The summed E-state index contributed by atoms with van der Waals surface area (Å²) in [5.74, 6) is -1.82. The van der Waals surface area contributed by atoms with E-state index in [0.29, 0.717) is 11.1 Å². The van der Waals surface area contributed by atoms with Crippen molar-refractivity contribution in [3.8, 4) is 11.1 Å². The van der Waals surface area contributed by atoms with Gasteiger partial charge in [-0.3, -0.25) is 0 Å². The van der Waals surface area contributed by atoms with Gasteiger partial charge in [0.25, 0.3) is 0 Å². The Morgan fingerprint density at radius 2 is 1.52 bits per heavy atom. The topological polar surface area (TPSA) is 65.5 Å². The van der Waals surface area contributed by atoms with Crippen LogP contribution in [-0.2, 0) is 9.47 Å². The van der Waals surface area contributed by atoms with Gasteiger partial charge in [-0.15, -0.1) is 0 Å². The molecular weight excluding hydrogens is 277 g/mol. The summed E-state index contributed by atoms with van der Waals surface area (Å²) in [6, 6.07) is 8.62. The van der Waals surface area contributed by atoms with E-state index in [1.807, 2.05) is 0 Å². The number of carbonyl (C=O) groups is 2. The Kier molecular flexibility index (Phi) is 4.27. The van der Waals surface area contributed by atoms with Crippen LogP contribution >= 0.6 is 0 Å². The Morgan fingerprint density at radius 3 is 2.00 bits per heavy atom. The van der Waals surface area contributed by atoms with Crippen LogP contribution in [0.2, 0.25) is 0 Å². The van der Waals surface area contributed by atoms with Crippen LogP contribution in [0.25, 0.3) is 11.1 Å². The molecule has 0 unspecified atom stereocenters. The number of aromatic nitrogens is 1. The van der Waals surface area contributed by atoms with Gasteiger partial charge in [-0.2, -0.15) is 0 Å². The van der Waals surface area contributed by atoms with Gasteiger partial charge in [0.2, 0.25) is 0 Å². The summed E-state index contributed by atoms with van der Waals surface area (Å²) in [5.41, 5.74) is 0.859. The van der Waals surface area contributed by atoms with E-state index in [1.165, 1.54) is 44.6 Å². The van der Waals surface area contributed by atoms with Gasteiger partial charge >= 0.3 is 11.9 Å². The number of esters is 2. The largest absolute Gasteiger partial charge is 0.464 e. The number of benzene rings is 1. The van der Waals surface area contributed by atoms with Crippen molar-refractivity contribution in [3.05, 3.63) is 53.6 Å². The van der Waals surface area contributed by atoms with Crippen molar-refractivity contribution in [1.82, 2.24) is 4.98 Å². The Bertz CT molecular complexity index is 666. The number of carbonyl (C=O) groups excluding carboxylic acids is 2. The average Bonchev–Trinajstić information content (AvgIpc) is 2.52. The zero-order valence-corrected chi connectivity index (χ0v) is 11.4. The number of rotatable bonds is 3. The Hall–Kier alpha value is -2.76. The van der Waals surface area contributed by atoms with Crippen LogP contribution in [0.1, 0.15) is 21.0 Å². The molecule has 0 radical (unpaired) electrons. The van der Waals surface area contributed by atoms with Crippen molar-refractivity contribution in [2.45, 2.75) is 0 Å². The third-order valence-electron chi connectivity index (χ3n) is 2.77. The minimum Gasteiger partial charge on any atom is -0.464 e. The third-order valence-corrected chi connectivity index (χ3v) is 2.77. The van der Waals surface area contributed by atoms with Crippen LogP contribution in [0.4, 0.5) is 4.39 Å². The summed E-state index contributed by atoms with van der Waals surface area (Å²) in [7, 11) is 2.41. The maximum absolute atomic E-state index is 13.3. The number of ether oxygens (including phenoxy) is 2. The van der Waals surface area contributed by atoms with E-state index < -0.39 is 17.8 Å². The molecule has 0 saturated carbocycles. The van der Waals surface area contributed by atoms with Crippen molar-refractivity contribution >= 4 is 11.9 Å². The predicted molar refractivity (Wildman–Crippen MR) is 72.3 cm³/mol. The molecule has 0 aliphatic heterocycles. The fourth-order valence-electron chi connectivity index (χ4n) is 1.78. The van der Waals surface area contributed by atoms with Crippen LogP contribution < -0.4 is 0 Å². The monoisotopic (exact) mass is 289 g/mol. The van der Waals surface area contributed by atoms with Crippen LogP contribution in [0.3, 0.4) is 0 Å². The second-order valence-electron chi connectivity index (χ2n) is 4.12. The van der Waals surface area contributed by atoms with Crippen molar-refractivity contribution in [2.24, 2.45) is 0 Å². The highest BCUT2D eigenvalue weighted by Crippen LogP contribution is 2.22. The molecule has 0 atom stereocenters. The molecule has 0 saturated heterocycles. The lowest BCUT2D eigenvalue weighted by Crippen LogP contribution is -2.11. The lowest BCUT2D eigenvalue weighted by molar-refractivity contribution is 0.0586. The first-order valence-electron chi connectivity index (χ1n) is 6.00. The summed E-state index contributed by atoms with van der Waals surface area (Å²) in [6.45, 7) is 0. The zero-order chi connectivity index (χ0) is 15.4. The van der Waals surface area contributed by atoms with Crippen LogP contribution in [0, 0.1) is 5.82 Å². The fraction of sp³-hybridized carbons (Fsp3) is 0.133. The van der Waals surface area contributed by atoms with Crippen LogP contribution in [0.15, 0.2) is 36.4 Å². The van der Waals surface area contributed by atoms with E-state index in [1.54, 1.807) is 6.07 Å². The first-order valence-corrected chi connectivity index (χ1v) is 6.00. The molecule has 0 bridgehead atoms. The smallest absolute Gasteiger partial charge is 0.356 e. The Labute approximate surface area is 120 Å². The summed E-state index contributed by atoms with van der Waals surface area (Å²) in [5, 5.41) is 0. The molecule has 2 aromatic rings. The molecule has 0 amide bonds. The van der Waals surface area contributed by atoms with Gasteiger partial charge in [0.15, 0.2) is 0 Å². The number of halogens is 1. The van der Waals surface area contributed by atoms with Crippen molar-refractivity contribution in [2.75, 3.05) is 14.2 Å².